The molecule has 2 aromatic heterocycles. The van der Waals surface area contributed by atoms with Gasteiger partial charge in [-0.1, -0.05) is 18.2 Å². The van der Waals surface area contributed by atoms with E-state index in [1.807, 2.05) is 30.5 Å². The first kappa shape index (κ1) is 12.7. The van der Waals surface area contributed by atoms with Crippen LogP contribution in [0.4, 0.5) is 5.69 Å². The number of nitrogens with one attached hydrogen (secondary N) is 2. The minimum Gasteiger partial charge on any atom is -0.346 e. The fourth-order valence-electron chi connectivity index (χ4n) is 2.20. The van der Waals surface area contributed by atoms with E-state index < -0.39 is 10.0 Å². The number of rotatable bonds is 3. The van der Waals surface area contributed by atoms with Crippen LogP contribution in [0.25, 0.3) is 22.2 Å². The van der Waals surface area contributed by atoms with Crippen LogP contribution in [-0.4, -0.2) is 24.6 Å². The number of hydrogen-bond donors (Lipinski definition) is 2. The van der Waals surface area contributed by atoms with Crippen molar-refractivity contribution in [2.24, 2.45) is 0 Å². The summed E-state index contributed by atoms with van der Waals surface area (Å²) in [5.41, 5.74) is 3.09. The summed E-state index contributed by atoms with van der Waals surface area (Å²) >= 11 is 0. The number of aromatic nitrogens is 2. The number of para-hydroxylation sites is 1. The normalized spacial score (nSPS) is 11.7. The van der Waals surface area contributed by atoms with Crippen LogP contribution in [0.3, 0.4) is 0 Å². The van der Waals surface area contributed by atoms with E-state index in [4.69, 9.17) is 0 Å². The largest absolute Gasteiger partial charge is 0.346 e. The molecule has 0 spiro atoms. The van der Waals surface area contributed by atoms with E-state index >= 15 is 0 Å². The van der Waals surface area contributed by atoms with Crippen LogP contribution in [0.2, 0.25) is 0 Å². The Morgan fingerprint density at radius 2 is 1.90 bits per heavy atom. The minimum atomic E-state index is -3.32. The lowest BCUT2D eigenvalue weighted by Crippen LogP contribution is -2.10. The molecule has 1 aromatic carbocycles. The van der Waals surface area contributed by atoms with Crippen LogP contribution in [0.5, 0.6) is 0 Å². The molecule has 0 radical (unpaired) electrons. The lowest BCUT2D eigenvalue weighted by Gasteiger charge is -2.11. The van der Waals surface area contributed by atoms with Gasteiger partial charge in [-0.25, -0.2) is 13.4 Å². The van der Waals surface area contributed by atoms with E-state index in [1.54, 1.807) is 18.3 Å². The Balaban J connectivity index is 2.22. The maximum absolute atomic E-state index is 11.5. The SMILES string of the molecule is CS(=O)(=O)Nc1ccccc1-c1ccnc2[nH]ccc12. The first-order valence-electron chi connectivity index (χ1n) is 6.04. The van der Waals surface area contributed by atoms with E-state index in [1.165, 1.54) is 0 Å². The van der Waals surface area contributed by atoms with E-state index in [9.17, 15) is 8.42 Å². The zero-order chi connectivity index (χ0) is 14.2. The fraction of sp³-hybridized carbons (Fsp3) is 0.0714. The molecule has 0 unspecified atom stereocenters. The topological polar surface area (TPSA) is 74.8 Å². The van der Waals surface area contributed by atoms with Crippen molar-refractivity contribution in [3.05, 3.63) is 48.8 Å². The summed E-state index contributed by atoms with van der Waals surface area (Å²) in [6.07, 6.45) is 4.65. The molecule has 2 N–H and O–H groups in total. The Bertz CT molecular complexity index is 869. The van der Waals surface area contributed by atoms with Gasteiger partial charge in [0.05, 0.1) is 11.9 Å². The summed E-state index contributed by atoms with van der Waals surface area (Å²) in [5, 5.41) is 0.954. The van der Waals surface area contributed by atoms with Crippen LogP contribution in [-0.2, 0) is 10.0 Å². The van der Waals surface area contributed by atoms with Gasteiger partial charge in [0.25, 0.3) is 0 Å². The van der Waals surface area contributed by atoms with E-state index in [0.717, 1.165) is 28.4 Å². The predicted molar refractivity (Wildman–Crippen MR) is 80.0 cm³/mol. The van der Waals surface area contributed by atoms with Crippen molar-refractivity contribution in [2.75, 3.05) is 11.0 Å². The number of benzene rings is 1. The quantitative estimate of drug-likeness (QED) is 0.777. The number of nitrogens with zero attached hydrogens (tertiary/aromatic N) is 1. The molecule has 0 saturated heterocycles. The molecular weight excluding hydrogens is 274 g/mol. The molecule has 0 bridgehead atoms. The molecule has 0 aliphatic carbocycles. The number of H-pyrrole nitrogens is 1. The van der Waals surface area contributed by atoms with Crippen molar-refractivity contribution in [1.82, 2.24) is 9.97 Å². The Kier molecular flexibility index (Phi) is 2.94. The lowest BCUT2D eigenvalue weighted by molar-refractivity contribution is 0.607. The second-order valence-corrected chi connectivity index (χ2v) is 6.27. The van der Waals surface area contributed by atoms with Gasteiger partial charge < -0.3 is 4.98 Å². The Hall–Kier alpha value is -2.34. The van der Waals surface area contributed by atoms with Gasteiger partial charge in [-0.15, -0.1) is 0 Å². The van der Waals surface area contributed by atoms with Gasteiger partial charge in [0.2, 0.25) is 10.0 Å². The highest BCUT2D eigenvalue weighted by molar-refractivity contribution is 7.92. The highest BCUT2D eigenvalue weighted by Crippen LogP contribution is 2.32. The Morgan fingerprint density at radius 3 is 2.70 bits per heavy atom. The number of sulfonamides is 1. The molecule has 102 valence electrons. The third-order valence-corrected chi connectivity index (χ3v) is 3.56. The van der Waals surface area contributed by atoms with Gasteiger partial charge in [0, 0.05) is 23.3 Å². The number of pyridine rings is 1. The van der Waals surface area contributed by atoms with E-state index in [2.05, 4.69) is 14.7 Å². The van der Waals surface area contributed by atoms with Crippen molar-refractivity contribution < 1.29 is 8.42 Å². The van der Waals surface area contributed by atoms with Crippen LogP contribution in [0, 0.1) is 0 Å². The Labute approximate surface area is 116 Å². The van der Waals surface area contributed by atoms with Gasteiger partial charge in [0.15, 0.2) is 0 Å². The average Bonchev–Trinajstić information content (AvgIpc) is 2.85. The van der Waals surface area contributed by atoms with Crippen LogP contribution in [0.15, 0.2) is 48.8 Å². The first-order chi connectivity index (χ1) is 9.54. The molecule has 0 atom stereocenters. The molecule has 6 heteroatoms. The minimum absolute atomic E-state index is 0.559. The molecule has 3 rings (SSSR count). The van der Waals surface area contributed by atoms with E-state index in [-0.39, 0.29) is 0 Å². The third-order valence-electron chi connectivity index (χ3n) is 2.97. The Morgan fingerprint density at radius 1 is 1.10 bits per heavy atom. The number of hydrogen-bond acceptors (Lipinski definition) is 3. The van der Waals surface area contributed by atoms with Gasteiger partial charge in [-0.3, -0.25) is 4.72 Å². The van der Waals surface area contributed by atoms with Gasteiger partial charge >= 0.3 is 0 Å². The average molecular weight is 287 g/mol. The summed E-state index contributed by atoms with van der Waals surface area (Å²) in [7, 11) is -3.32. The highest BCUT2D eigenvalue weighted by Gasteiger charge is 2.11. The van der Waals surface area contributed by atoms with Crippen LogP contribution in [0.1, 0.15) is 0 Å². The second kappa shape index (κ2) is 4.64. The molecule has 0 amide bonds. The second-order valence-electron chi connectivity index (χ2n) is 4.52. The molecule has 0 aliphatic heterocycles. The first-order valence-corrected chi connectivity index (χ1v) is 7.93. The van der Waals surface area contributed by atoms with Crippen molar-refractivity contribution in [1.29, 1.82) is 0 Å². The van der Waals surface area contributed by atoms with Gasteiger partial charge in [0.1, 0.15) is 5.65 Å². The lowest BCUT2D eigenvalue weighted by atomic mass is 10.0. The summed E-state index contributed by atoms with van der Waals surface area (Å²) in [5.74, 6) is 0. The van der Waals surface area contributed by atoms with Crippen molar-refractivity contribution in [3.8, 4) is 11.1 Å². The standard InChI is InChI=1S/C14H13N3O2S/c1-20(18,19)17-13-5-3-2-4-11(13)10-6-8-15-14-12(10)7-9-16-14/h2-9,17H,1H3,(H,15,16). The molecule has 20 heavy (non-hydrogen) atoms. The third kappa shape index (κ3) is 2.37. The molecule has 2 heterocycles. The zero-order valence-electron chi connectivity index (χ0n) is 10.8. The van der Waals surface area contributed by atoms with E-state index in [0.29, 0.717) is 5.69 Å². The van der Waals surface area contributed by atoms with Gasteiger partial charge in [-0.05, 0) is 23.8 Å². The summed E-state index contributed by atoms with van der Waals surface area (Å²) in [6.45, 7) is 0. The summed E-state index contributed by atoms with van der Waals surface area (Å²) in [6, 6.07) is 11.1. The molecule has 0 saturated carbocycles. The fourth-order valence-corrected chi connectivity index (χ4v) is 2.78. The molecule has 5 nitrogen and oxygen atoms in total. The van der Waals surface area contributed by atoms with Crippen molar-refractivity contribution in [3.63, 3.8) is 0 Å². The molecular formula is C14H13N3O2S. The summed E-state index contributed by atoms with van der Waals surface area (Å²) < 4.78 is 25.5. The van der Waals surface area contributed by atoms with Crippen molar-refractivity contribution in [2.45, 2.75) is 0 Å². The molecule has 3 aromatic rings. The van der Waals surface area contributed by atoms with Gasteiger partial charge in [-0.2, -0.15) is 0 Å². The zero-order valence-corrected chi connectivity index (χ0v) is 11.6. The number of fused-ring (bicyclic) bond motifs is 1. The van der Waals surface area contributed by atoms with Crippen LogP contribution < -0.4 is 4.72 Å². The summed E-state index contributed by atoms with van der Waals surface area (Å²) in [4.78, 5) is 7.29. The monoisotopic (exact) mass is 287 g/mol. The predicted octanol–water partition coefficient (Wildman–Crippen LogP) is 2.60. The maximum Gasteiger partial charge on any atom is 0.229 e. The molecule has 0 fully saturated rings. The van der Waals surface area contributed by atoms with Crippen LogP contribution >= 0.6 is 0 Å². The number of aromatic amines is 1. The number of anilines is 1. The smallest absolute Gasteiger partial charge is 0.229 e. The highest BCUT2D eigenvalue weighted by atomic mass is 32.2. The maximum atomic E-state index is 11.5. The molecule has 0 aliphatic rings. The van der Waals surface area contributed by atoms with Crippen molar-refractivity contribution >= 4 is 26.7 Å².